The maximum absolute atomic E-state index is 12.1. The largest absolute Gasteiger partial charge is 0.294 e. The van der Waals surface area contributed by atoms with Crippen LogP contribution in [0.25, 0.3) is 0 Å². The fraction of sp³-hybridized carbons (Fsp3) is 0.333. The Balaban J connectivity index is 3.28. The Morgan fingerprint density at radius 2 is 2.07 bits per heavy atom. The molecule has 0 heterocycles. The van der Waals surface area contributed by atoms with Gasteiger partial charge in [0.1, 0.15) is 0 Å². The highest BCUT2D eigenvalue weighted by atomic mass is 32.2. The molecule has 0 unspecified atom stereocenters. The second kappa shape index (κ2) is 4.06. The van der Waals surface area contributed by atoms with Crippen LogP contribution < -0.4 is 0 Å². The van der Waals surface area contributed by atoms with E-state index >= 15 is 0 Å². The summed E-state index contributed by atoms with van der Waals surface area (Å²) in [6.45, 7) is 1.00. The number of halogens is 1. The lowest BCUT2D eigenvalue weighted by Crippen LogP contribution is -2.03. The first-order valence-electron chi connectivity index (χ1n) is 4.08. The predicted molar refractivity (Wildman–Crippen MR) is 50.7 cm³/mol. The van der Waals surface area contributed by atoms with Gasteiger partial charge in [0.25, 0.3) is 10.1 Å². The first-order chi connectivity index (χ1) is 6.46. The first-order valence-corrected chi connectivity index (χ1v) is 5.52. The van der Waals surface area contributed by atoms with E-state index in [2.05, 4.69) is 0 Å². The molecule has 0 radical (unpaired) electrons. The molecule has 14 heavy (non-hydrogen) atoms. The fourth-order valence-electron chi connectivity index (χ4n) is 1.31. The molecule has 0 bridgehead atoms. The average molecular weight is 218 g/mol. The Morgan fingerprint density at radius 3 is 2.57 bits per heavy atom. The summed E-state index contributed by atoms with van der Waals surface area (Å²) in [6, 6.07) is 4.43. The van der Waals surface area contributed by atoms with Gasteiger partial charge in [-0.05, 0) is 24.1 Å². The van der Waals surface area contributed by atoms with Gasteiger partial charge < -0.3 is 0 Å². The second-order valence-electron chi connectivity index (χ2n) is 2.95. The highest BCUT2D eigenvalue weighted by Gasteiger charge is 2.14. The van der Waals surface area contributed by atoms with Gasteiger partial charge in [-0.25, -0.2) is 0 Å². The van der Waals surface area contributed by atoms with Crippen molar-refractivity contribution in [2.45, 2.75) is 18.2 Å². The zero-order valence-electron chi connectivity index (χ0n) is 7.70. The van der Waals surface area contributed by atoms with Crippen LogP contribution in [0, 0.1) is 6.92 Å². The minimum atomic E-state index is -4.20. The van der Waals surface area contributed by atoms with E-state index in [1.165, 1.54) is 12.1 Å². The van der Waals surface area contributed by atoms with Gasteiger partial charge in [-0.3, -0.25) is 8.94 Å². The smallest absolute Gasteiger partial charge is 0.282 e. The van der Waals surface area contributed by atoms with E-state index in [0.717, 1.165) is 0 Å². The number of aryl methyl sites for hydroxylation is 1. The molecule has 5 heteroatoms. The molecular weight excluding hydrogens is 207 g/mol. The third-order valence-corrected chi connectivity index (χ3v) is 3.04. The molecule has 0 aliphatic heterocycles. The molecule has 0 spiro atoms. The Kier molecular flexibility index (Phi) is 3.23. The SMILES string of the molecule is Cc1c(CCF)cccc1S(=O)(=O)O. The molecular formula is C9H11FO3S. The van der Waals surface area contributed by atoms with Crippen LogP contribution in [-0.4, -0.2) is 19.6 Å². The van der Waals surface area contributed by atoms with Crippen molar-refractivity contribution in [3.05, 3.63) is 29.3 Å². The predicted octanol–water partition coefficient (Wildman–Crippen LogP) is 1.75. The van der Waals surface area contributed by atoms with Crippen molar-refractivity contribution in [2.75, 3.05) is 6.67 Å². The van der Waals surface area contributed by atoms with Crippen molar-refractivity contribution >= 4 is 10.1 Å². The zero-order chi connectivity index (χ0) is 10.8. The summed E-state index contributed by atoms with van der Waals surface area (Å²) < 4.78 is 42.7. The maximum atomic E-state index is 12.1. The van der Waals surface area contributed by atoms with Gasteiger partial charge in [-0.1, -0.05) is 12.1 Å². The minimum Gasteiger partial charge on any atom is -0.282 e. The Morgan fingerprint density at radius 1 is 1.43 bits per heavy atom. The normalized spacial score (nSPS) is 11.6. The van der Waals surface area contributed by atoms with Gasteiger partial charge in [0.2, 0.25) is 0 Å². The lowest BCUT2D eigenvalue weighted by atomic mass is 10.1. The third-order valence-electron chi connectivity index (χ3n) is 2.04. The van der Waals surface area contributed by atoms with Crippen molar-refractivity contribution in [1.82, 2.24) is 0 Å². The summed E-state index contributed by atoms with van der Waals surface area (Å²) in [5.74, 6) is 0. The van der Waals surface area contributed by atoms with Crippen LogP contribution in [0.4, 0.5) is 4.39 Å². The monoisotopic (exact) mass is 218 g/mol. The average Bonchev–Trinajstić information content (AvgIpc) is 2.07. The van der Waals surface area contributed by atoms with Crippen LogP contribution in [0.5, 0.6) is 0 Å². The van der Waals surface area contributed by atoms with Gasteiger partial charge in [-0.15, -0.1) is 0 Å². The van der Waals surface area contributed by atoms with Gasteiger partial charge in [0.05, 0.1) is 11.6 Å². The molecule has 0 saturated carbocycles. The van der Waals surface area contributed by atoms with E-state index in [4.69, 9.17) is 4.55 Å². The Bertz CT molecular complexity index is 426. The van der Waals surface area contributed by atoms with Gasteiger partial charge >= 0.3 is 0 Å². The molecule has 1 rings (SSSR count). The molecule has 0 atom stereocenters. The van der Waals surface area contributed by atoms with Crippen LogP contribution >= 0.6 is 0 Å². The van der Waals surface area contributed by atoms with Gasteiger partial charge in [0.15, 0.2) is 0 Å². The van der Waals surface area contributed by atoms with E-state index in [1.54, 1.807) is 13.0 Å². The van der Waals surface area contributed by atoms with Crippen LogP contribution in [0.2, 0.25) is 0 Å². The number of rotatable bonds is 3. The molecule has 0 fully saturated rings. The second-order valence-corrected chi connectivity index (χ2v) is 4.34. The van der Waals surface area contributed by atoms with Crippen molar-refractivity contribution < 1.29 is 17.4 Å². The van der Waals surface area contributed by atoms with Gasteiger partial charge in [0, 0.05) is 6.42 Å². The van der Waals surface area contributed by atoms with Crippen LogP contribution in [0.15, 0.2) is 23.1 Å². The molecule has 3 nitrogen and oxygen atoms in total. The van der Waals surface area contributed by atoms with Crippen molar-refractivity contribution in [3.63, 3.8) is 0 Å². The van der Waals surface area contributed by atoms with Crippen LogP contribution in [0.3, 0.4) is 0 Å². The summed E-state index contributed by atoms with van der Waals surface area (Å²) in [7, 11) is -4.20. The molecule has 0 aliphatic carbocycles. The number of hydrogen-bond acceptors (Lipinski definition) is 2. The molecule has 1 aromatic carbocycles. The molecule has 0 amide bonds. The Labute approximate surface area is 82.3 Å². The first kappa shape index (κ1) is 11.1. The lowest BCUT2D eigenvalue weighted by molar-refractivity contribution is 0.480. The summed E-state index contributed by atoms with van der Waals surface area (Å²) >= 11 is 0. The van der Waals surface area contributed by atoms with E-state index < -0.39 is 16.8 Å². The number of benzene rings is 1. The van der Waals surface area contributed by atoms with Crippen LogP contribution in [-0.2, 0) is 16.5 Å². The van der Waals surface area contributed by atoms with Crippen molar-refractivity contribution in [3.8, 4) is 0 Å². The number of alkyl halides is 1. The van der Waals surface area contributed by atoms with E-state index in [9.17, 15) is 12.8 Å². The van der Waals surface area contributed by atoms with Crippen molar-refractivity contribution in [2.24, 2.45) is 0 Å². The van der Waals surface area contributed by atoms with Crippen LogP contribution in [0.1, 0.15) is 11.1 Å². The van der Waals surface area contributed by atoms with Gasteiger partial charge in [-0.2, -0.15) is 8.42 Å². The van der Waals surface area contributed by atoms with E-state index in [1.807, 2.05) is 0 Å². The van der Waals surface area contributed by atoms with Crippen molar-refractivity contribution in [1.29, 1.82) is 0 Å². The van der Waals surface area contributed by atoms with E-state index in [0.29, 0.717) is 11.1 Å². The third kappa shape index (κ3) is 2.30. The highest BCUT2D eigenvalue weighted by molar-refractivity contribution is 7.85. The van der Waals surface area contributed by atoms with E-state index in [-0.39, 0.29) is 11.3 Å². The highest BCUT2D eigenvalue weighted by Crippen LogP contribution is 2.18. The molecule has 78 valence electrons. The summed E-state index contributed by atoms with van der Waals surface area (Å²) in [5.41, 5.74) is 1.01. The number of hydrogen-bond donors (Lipinski definition) is 1. The lowest BCUT2D eigenvalue weighted by Gasteiger charge is -2.07. The summed E-state index contributed by atoms with van der Waals surface area (Å²) in [4.78, 5) is -0.150. The quantitative estimate of drug-likeness (QED) is 0.786. The summed E-state index contributed by atoms with van der Waals surface area (Å²) in [5, 5.41) is 0. The molecule has 0 aromatic heterocycles. The zero-order valence-corrected chi connectivity index (χ0v) is 8.51. The Hall–Kier alpha value is -0.940. The molecule has 1 N–H and O–H groups in total. The minimum absolute atomic E-state index is 0.150. The fourth-order valence-corrected chi connectivity index (χ4v) is 2.08. The molecule has 0 saturated heterocycles. The standard InChI is InChI=1S/C9H11FO3S/c1-7-8(5-6-10)3-2-4-9(7)14(11,12)13/h2-4H,5-6H2,1H3,(H,11,12,13). The molecule has 1 aromatic rings. The maximum Gasteiger partial charge on any atom is 0.294 e. The topological polar surface area (TPSA) is 54.4 Å². The summed E-state index contributed by atoms with van der Waals surface area (Å²) in [6.07, 6.45) is 0.162. The molecule has 0 aliphatic rings.